The van der Waals surface area contributed by atoms with Crippen molar-refractivity contribution in [1.82, 2.24) is 0 Å². The summed E-state index contributed by atoms with van der Waals surface area (Å²) < 4.78 is 0. The zero-order chi connectivity index (χ0) is 10.6. The third-order valence-electron chi connectivity index (χ3n) is 1.90. The van der Waals surface area contributed by atoms with E-state index in [4.69, 9.17) is 11.6 Å². The van der Waals surface area contributed by atoms with Gasteiger partial charge in [-0.15, -0.1) is 11.8 Å². The van der Waals surface area contributed by atoms with Gasteiger partial charge >= 0.3 is 0 Å². The van der Waals surface area contributed by atoms with Crippen LogP contribution in [0.25, 0.3) is 0 Å². The van der Waals surface area contributed by atoms with Gasteiger partial charge in [0.15, 0.2) is 0 Å². The second-order valence-corrected chi connectivity index (χ2v) is 4.80. The molecule has 3 heteroatoms. The Morgan fingerprint density at radius 1 is 1.57 bits per heavy atom. The van der Waals surface area contributed by atoms with E-state index in [1.807, 2.05) is 31.2 Å². The van der Waals surface area contributed by atoms with Crippen LogP contribution in [0, 0.1) is 0 Å². The largest absolute Gasteiger partial charge is 0.299 e. The molecule has 0 amide bonds. The van der Waals surface area contributed by atoms with Gasteiger partial charge in [-0.25, -0.2) is 0 Å². The maximum absolute atomic E-state index is 11.2. The molecule has 0 saturated heterocycles. The van der Waals surface area contributed by atoms with Gasteiger partial charge in [0.05, 0.1) is 5.25 Å². The Morgan fingerprint density at radius 3 is 2.79 bits per heavy atom. The van der Waals surface area contributed by atoms with E-state index >= 15 is 0 Å². The molecule has 0 aromatic heterocycles. The van der Waals surface area contributed by atoms with Crippen LogP contribution in [0.15, 0.2) is 29.2 Å². The smallest absolute Gasteiger partial charge is 0.143 e. The van der Waals surface area contributed by atoms with Crippen molar-refractivity contribution in [1.29, 1.82) is 0 Å². The van der Waals surface area contributed by atoms with Crippen molar-refractivity contribution in [2.75, 3.05) is 0 Å². The predicted molar refractivity (Wildman–Crippen MR) is 62.1 cm³/mol. The molecule has 0 saturated carbocycles. The fraction of sp³-hybridized carbons (Fsp3) is 0.364. The van der Waals surface area contributed by atoms with Crippen molar-refractivity contribution in [2.24, 2.45) is 0 Å². The Kier molecular flexibility index (Phi) is 4.49. The summed E-state index contributed by atoms with van der Waals surface area (Å²) in [6, 6.07) is 7.60. The SMILES string of the molecule is CCC(Sc1cccc(Cl)c1)C(C)=O. The van der Waals surface area contributed by atoms with Crippen LogP contribution < -0.4 is 0 Å². The molecule has 1 nitrogen and oxygen atoms in total. The minimum absolute atomic E-state index is 0.0495. The van der Waals surface area contributed by atoms with Crippen molar-refractivity contribution >= 4 is 29.1 Å². The molecular weight excluding hydrogens is 216 g/mol. The molecule has 0 heterocycles. The Labute approximate surface area is 93.8 Å². The zero-order valence-electron chi connectivity index (χ0n) is 8.29. The lowest BCUT2D eigenvalue weighted by Crippen LogP contribution is -2.11. The molecule has 0 bridgehead atoms. The van der Waals surface area contributed by atoms with Gasteiger partial charge in [0, 0.05) is 9.92 Å². The van der Waals surface area contributed by atoms with Crippen molar-refractivity contribution < 1.29 is 4.79 Å². The fourth-order valence-electron chi connectivity index (χ4n) is 1.16. The third-order valence-corrected chi connectivity index (χ3v) is 3.61. The van der Waals surface area contributed by atoms with Crippen LogP contribution in [0.1, 0.15) is 20.3 Å². The highest BCUT2D eigenvalue weighted by atomic mass is 35.5. The average molecular weight is 229 g/mol. The molecule has 14 heavy (non-hydrogen) atoms. The van der Waals surface area contributed by atoms with Crippen LogP contribution in [-0.2, 0) is 4.79 Å². The molecule has 0 spiro atoms. The van der Waals surface area contributed by atoms with Crippen LogP contribution >= 0.6 is 23.4 Å². The molecule has 1 rings (SSSR count). The van der Waals surface area contributed by atoms with Crippen molar-refractivity contribution in [2.45, 2.75) is 30.4 Å². The maximum Gasteiger partial charge on any atom is 0.143 e. The van der Waals surface area contributed by atoms with Gasteiger partial charge in [-0.3, -0.25) is 4.79 Å². The number of hydrogen-bond acceptors (Lipinski definition) is 2. The first-order chi connectivity index (χ1) is 6.63. The van der Waals surface area contributed by atoms with Crippen LogP contribution in [0.2, 0.25) is 5.02 Å². The highest BCUT2D eigenvalue weighted by Crippen LogP contribution is 2.27. The number of carbonyl (C=O) groups excluding carboxylic acids is 1. The van der Waals surface area contributed by atoms with Gasteiger partial charge in [0.1, 0.15) is 5.78 Å². The van der Waals surface area contributed by atoms with Gasteiger partial charge in [-0.2, -0.15) is 0 Å². The molecular formula is C11H13ClOS. The molecule has 1 aromatic carbocycles. The lowest BCUT2D eigenvalue weighted by atomic mass is 10.2. The lowest BCUT2D eigenvalue weighted by Gasteiger charge is -2.10. The monoisotopic (exact) mass is 228 g/mol. The molecule has 76 valence electrons. The molecule has 0 aliphatic heterocycles. The van der Waals surface area contributed by atoms with Gasteiger partial charge < -0.3 is 0 Å². The fourth-order valence-corrected chi connectivity index (χ4v) is 2.43. The summed E-state index contributed by atoms with van der Waals surface area (Å²) in [5.41, 5.74) is 0. The van der Waals surface area contributed by atoms with E-state index in [0.29, 0.717) is 5.02 Å². The van der Waals surface area contributed by atoms with E-state index in [-0.39, 0.29) is 11.0 Å². The summed E-state index contributed by atoms with van der Waals surface area (Å²) in [6.45, 7) is 3.65. The lowest BCUT2D eigenvalue weighted by molar-refractivity contribution is -0.116. The molecule has 0 N–H and O–H groups in total. The molecule has 1 unspecified atom stereocenters. The number of Topliss-reactive ketones (excluding diaryl/α,β-unsaturated/α-hetero) is 1. The van der Waals surface area contributed by atoms with E-state index in [2.05, 4.69) is 0 Å². The number of rotatable bonds is 4. The topological polar surface area (TPSA) is 17.1 Å². The Bertz CT molecular complexity index is 325. The first-order valence-corrected chi connectivity index (χ1v) is 5.82. The van der Waals surface area contributed by atoms with E-state index in [9.17, 15) is 4.79 Å². The van der Waals surface area contributed by atoms with Gasteiger partial charge in [-0.1, -0.05) is 24.6 Å². The second kappa shape index (κ2) is 5.42. The summed E-state index contributed by atoms with van der Waals surface area (Å²) in [7, 11) is 0. The molecule has 1 aromatic rings. The van der Waals surface area contributed by atoms with Crippen molar-refractivity contribution in [3.8, 4) is 0 Å². The minimum atomic E-state index is 0.0495. The third kappa shape index (κ3) is 3.35. The standard InChI is InChI=1S/C11H13ClOS/c1-3-11(8(2)13)14-10-6-4-5-9(12)7-10/h4-7,11H,3H2,1-2H3. The number of hydrogen-bond donors (Lipinski definition) is 0. The summed E-state index contributed by atoms with van der Waals surface area (Å²) in [5, 5.41) is 0.766. The van der Waals surface area contributed by atoms with Crippen LogP contribution in [-0.4, -0.2) is 11.0 Å². The summed E-state index contributed by atoms with van der Waals surface area (Å²) in [6.07, 6.45) is 0.854. The Balaban J connectivity index is 2.72. The van der Waals surface area contributed by atoms with E-state index in [1.165, 1.54) is 0 Å². The van der Waals surface area contributed by atoms with E-state index in [1.54, 1.807) is 18.7 Å². The van der Waals surface area contributed by atoms with Crippen molar-refractivity contribution in [3.63, 3.8) is 0 Å². The van der Waals surface area contributed by atoms with Gasteiger partial charge in [0.25, 0.3) is 0 Å². The highest BCUT2D eigenvalue weighted by Gasteiger charge is 2.12. The van der Waals surface area contributed by atoms with Crippen LogP contribution in [0.3, 0.4) is 0 Å². The quantitative estimate of drug-likeness (QED) is 0.730. The summed E-state index contributed by atoms with van der Waals surface area (Å²) in [5.74, 6) is 0.220. The number of thioether (sulfide) groups is 1. The number of ketones is 1. The van der Waals surface area contributed by atoms with Crippen LogP contribution in [0.4, 0.5) is 0 Å². The molecule has 0 aliphatic carbocycles. The molecule has 0 fully saturated rings. The normalized spacial score (nSPS) is 12.5. The predicted octanol–water partition coefficient (Wildman–Crippen LogP) is 3.80. The van der Waals surface area contributed by atoms with Gasteiger partial charge in [-0.05, 0) is 31.5 Å². The van der Waals surface area contributed by atoms with E-state index in [0.717, 1.165) is 11.3 Å². The van der Waals surface area contributed by atoms with Crippen molar-refractivity contribution in [3.05, 3.63) is 29.3 Å². The molecule has 1 atom stereocenters. The number of benzene rings is 1. The number of halogens is 1. The number of carbonyl (C=O) groups is 1. The Hall–Kier alpha value is -0.470. The first kappa shape index (κ1) is 11.6. The highest BCUT2D eigenvalue weighted by molar-refractivity contribution is 8.00. The molecule has 0 radical (unpaired) electrons. The average Bonchev–Trinajstić information content (AvgIpc) is 2.14. The summed E-state index contributed by atoms with van der Waals surface area (Å²) >= 11 is 7.43. The first-order valence-electron chi connectivity index (χ1n) is 4.56. The van der Waals surface area contributed by atoms with Gasteiger partial charge in [0.2, 0.25) is 0 Å². The van der Waals surface area contributed by atoms with Crippen LogP contribution in [0.5, 0.6) is 0 Å². The second-order valence-electron chi connectivity index (χ2n) is 3.08. The zero-order valence-corrected chi connectivity index (χ0v) is 9.86. The minimum Gasteiger partial charge on any atom is -0.299 e. The van der Waals surface area contributed by atoms with E-state index < -0.39 is 0 Å². The maximum atomic E-state index is 11.2. The summed E-state index contributed by atoms with van der Waals surface area (Å²) in [4.78, 5) is 12.3. The Morgan fingerprint density at radius 2 is 2.29 bits per heavy atom. The molecule has 0 aliphatic rings.